The zero-order chi connectivity index (χ0) is 13.8. The summed E-state index contributed by atoms with van der Waals surface area (Å²) in [7, 11) is 0. The molecule has 2 rings (SSSR count). The molecule has 1 aromatic carbocycles. The number of hydrogen-bond acceptors (Lipinski definition) is 2. The summed E-state index contributed by atoms with van der Waals surface area (Å²) >= 11 is 0. The van der Waals surface area contributed by atoms with Crippen molar-refractivity contribution in [2.45, 2.75) is 33.1 Å². The lowest BCUT2D eigenvalue weighted by atomic mass is 9.94. The highest BCUT2D eigenvalue weighted by Gasteiger charge is 2.24. The third-order valence-corrected chi connectivity index (χ3v) is 4.13. The number of piperidine rings is 1. The number of likely N-dealkylation sites (tertiary alicyclic amines) is 1. The van der Waals surface area contributed by atoms with Gasteiger partial charge in [-0.1, -0.05) is 6.07 Å². The van der Waals surface area contributed by atoms with E-state index in [2.05, 4.69) is 13.8 Å². The highest BCUT2D eigenvalue weighted by molar-refractivity contribution is 5.94. The lowest BCUT2D eigenvalue weighted by Crippen LogP contribution is -2.40. The molecule has 3 nitrogen and oxygen atoms in total. The van der Waals surface area contributed by atoms with E-state index in [1.54, 1.807) is 0 Å². The van der Waals surface area contributed by atoms with Gasteiger partial charge in [0.2, 0.25) is 0 Å². The fourth-order valence-corrected chi connectivity index (χ4v) is 2.78. The van der Waals surface area contributed by atoms with Crippen LogP contribution < -0.4 is 5.73 Å². The Balaban J connectivity index is 0.00000200. The molecule has 0 radical (unpaired) electrons. The van der Waals surface area contributed by atoms with Crippen LogP contribution in [0.1, 0.15) is 40.7 Å². The quantitative estimate of drug-likeness (QED) is 0.932. The van der Waals surface area contributed by atoms with Gasteiger partial charge < -0.3 is 10.6 Å². The van der Waals surface area contributed by atoms with E-state index >= 15 is 0 Å². The fourth-order valence-electron chi connectivity index (χ4n) is 2.78. The minimum atomic E-state index is 0. The smallest absolute Gasteiger partial charge is 0.253 e. The first-order chi connectivity index (χ1) is 9.11. The second-order valence-electron chi connectivity index (χ2n) is 5.64. The van der Waals surface area contributed by atoms with Crippen LogP contribution in [0, 0.1) is 19.8 Å². The summed E-state index contributed by atoms with van der Waals surface area (Å²) in [6, 6.07) is 5.98. The van der Waals surface area contributed by atoms with Gasteiger partial charge in [0.15, 0.2) is 0 Å². The molecule has 1 unspecified atom stereocenters. The predicted molar refractivity (Wildman–Crippen MR) is 85.5 cm³/mol. The Morgan fingerprint density at radius 1 is 1.35 bits per heavy atom. The normalized spacial score (nSPS) is 18.6. The summed E-state index contributed by atoms with van der Waals surface area (Å²) in [4.78, 5) is 14.5. The molecule has 0 saturated carbocycles. The van der Waals surface area contributed by atoms with Crippen LogP contribution in [0.5, 0.6) is 0 Å². The summed E-state index contributed by atoms with van der Waals surface area (Å²) in [5, 5.41) is 0. The zero-order valence-electron chi connectivity index (χ0n) is 12.4. The van der Waals surface area contributed by atoms with Crippen molar-refractivity contribution >= 4 is 18.3 Å². The number of hydrogen-bond donors (Lipinski definition) is 1. The van der Waals surface area contributed by atoms with Gasteiger partial charge in [-0.05, 0) is 68.8 Å². The van der Waals surface area contributed by atoms with E-state index in [0.29, 0.717) is 5.92 Å². The topological polar surface area (TPSA) is 46.3 Å². The van der Waals surface area contributed by atoms with Crippen LogP contribution >= 0.6 is 12.4 Å². The number of aryl methyl sites for hydroxylation is 2. The van der Waals surface area contributed by atoms with Crippen molar-refractivity contribution in [1.82, 2.24) is 4.90 Å². The summed E-state index contributed by atoms with van der Waals surface area (Å²) < 4.78 is 0. The third kappa shape index (κ3) is 3.97. The lowest BCUT2D eigenvalue weighted by Gasteiger charge is -2.32. The molecule has 0 bridgehead atoms. The maximum Gasteiger partial charge on any atom is 0.253 e. The number of halogens is 1. The highest BCUT2D eigenvalue weighted by atomic mass is 35.5. The van der Waals surface area contributed by atoms with Gasteiger partial charge in [0.1, 0.15) is 0 Å². The van der Waals surface area contributed by atoms with Crippen molar-refractivity contribution in [3.05, 3.63) is 34.9 Å². The van der Waals surface area contributed by atoms with Gasteiger partial charge in [0.25, 0.3) is 5.91 Å². The van der Waals surface area contributed by atoms with Crippen molar-refractivity contribution in [2.24, 2.45) is 11.7 Å². The molecule has 1 heterocycles. The molecule has 0 aliphatic carbocycles. The Morgan fingerprint density at radius 2 is 2.10 bits per heavy atom. The maximum absolute atomic E-state index is 12.5. The van der Waals surface area contributed by atoms with Crippen molar-refractivity contribution in [2.75, 3.05) is 19.6 Å². The van der Waals surface area contributed by atoms with Gasteiger partial charge in [0, 0.05) is 18.7 Å². The van der Waals surface area contributed by atoms with Crippen LogP contribution in [0.3, 0.4) is 0 Å². The first-order valence-corrected chi connectivity index (χ1v) is 7.18. The molecule has 0 aromatic heterocycles. The zero-order valence-corrected chi connectivity index (χ0v) is 13.2. The van der Waals surface area contributed by atoms with Crippen LogP contribution in [-0.2, 0) is 0 Å². The van der Waals surface area contributed by atoms with Gasteiger partial charge in [-0.15, -0.1) is 12.4 Å². The first-order valence-electron chi connectivity index (χ1n) is 7.18. The Labute approximate surface area is 127 Å². The third-order valence-electron chi connectivity index (χ3n) is 4.13. The molecule has 1 aliphatic heterocycles. The van der Waals surface area contributed by atoms with Gasteiger partial charge in [0.05, 0.1) is 0 Å². The molecule has 112 valence electrons. The maximum atomic E-state index is 12.5. The van der Waals surface area contributed by atoms with Crippen molar-refractivity contribution < 1.29 is 4.79 Å². The van der Waals surface area contributed by atoms with Crippen LogP contribution in [0.2, 0.25) is 0 Å². The summed E-state index contributed by atoms with van der Waals surface area (Å²) in [5.41, 5.74) is 8.86. The van der Waals surface area contributed by atoms with E-state index in [4.69, 9.17) is 5.73 Å². The van der Waals surface area contributed by atoms with Crippen molar-refractivity contribution in [1.29, 1.82) is 0 Å². The molecule has 1 aliphatic rings. The van der Waals surface area contributed by atoms with E-state index in [1.165, 1.54) is 17.5 Å². The van der Waals surface area contributed by atoms with E-state index in [1.807, 2.05) is 23.1 Å². The lowest BCUT2D eigenvalue weighted by molar-refractivity contribution is 0.0669. The number of carbonyl (C=O) groups excluding carboxylic acids is 1. The van der Waals surface area contributed by atoms with Gasteiger partial charge in [-0.25, -0.2) is 0 Å². The van der Waals surface area contributed by atoms with Crippen molar-refractivity contribution in [3.63, 3.8) is 0 Å². The summed E-state index contributed by atoms with van der Waals surface area (Å²) in [6.07, 6.45) is 3.33. The highest BCUT2D eigenvalue weighted by Crippen LogP contribution is 2.21. The molecule has 1 atom stereocenters. The summed E-state index contributed by atoms with van der Waals surface area (Å²) in [6.45, 7) is 6.59. The Bertz CT molecular complexity index is 460. The average Bonchev–Trinajstić information content (AvgIpc) is 2.42. The van der Waals surface area contributed by atoms with Gasteiger partial charge >= 0.3 is 0 Å². The molecule has 1 saturated heterocycles. The standard InChI is InChI=1S/C16H24N2O.ClH/c1-12-5-6-15(10-13(12)2)16(19)18-9-3-4-14(11-18)7-8-17;/h5-6,10,14H,3-4,7-9,11,17H2,1-2H3;1H. The largest absolute Gasteiger partial charge is 0.338 e. The fraction of sp³-hybridized carbons (Fsp3) is 0.562. The first kappa shape index (κ1) is 17.0. The Hall–Kier alpha value is -1.06. The van der Waals surface area contributed by atoms with Crippen LogP contribution in [0.4, 0.5) is 0 Å². The SMILES string of the molecule is Cc1ccc(C(=O)N2CCCC(CCN)C2)cc1C.Cl. The van der Waals surface area contributed by atoms with Crippen LogP contribution in [-0.4, -0.2) is 30.4 Å². The second kappa shape index (κ2) is 7.65. The molecular formula is C16H25ClN2O. The van der Waals surface area contributed by atoms with Crippen LogP contribution in [0.15, 0.2) is 18.2 Å². The molecule has 1 amide bonds. The molecule has 0 spiro atoms. The van der Waals surface area contributed by atoms with Gasteiger partial charge in [-0.2, -0.15) is 0 Å². The Kier molecular flexibility index (Phi) is 6.50. The second-order valence-corrected chi connectivity index (χ2v) is 5.64. The molecular weight excluding hydrogens is 272 g/mol. The number of rotatable bonds is 3. The molecule has 1 fully saturated rings. The monoisotopic (exact) mass is 296 g/mol. The molecule has 2 N–H and O–H groups in total. The molecule has 20 heavy (non-hydrogen) atoms. The number of amides is 1. The van der Waals surface area contributed by atoms with E-state index in [9.17, 15) is 4.79 Å². The van der Waals surface area contributed by atoms with E-state index < -0.39 is 0 Å². The predicted octanol–water partition coefficient (Wildman–Crippen LogP) is 2.93. The molecule has 1 aromatic rings. The van der Waals surface area contributed by atoms with E-state index in [0.717, 1.165) is 38.0 Å². The minimum Gasteiger partial charge on any atom is -0.338 e. The molecule has 4 heteroatoms. The average molecular weight is 297 g/mol. The number of benzene rings is 1. The van der Waals surface area contributed by atoms with Gasteiger partial charge in [-0.3, -0.25) is 4.79 Å². The van der Waals surface area contributed by atoms with Crippen LogP contribution in [0.25, 0.3) is 0 Å². The minimum absolute atomic E-state index is 0. The summed E-state index contributed by atoms with van der Waals surface area (Å²) in [5.74, 6) is 0.749. The van der Waals surface area contributed by atoms with E-state index in [-0.39, 0.29) is 18.3 Å². The van der Waals surface area contributed by atoms with Crippen molar-refractivity contribution in [3.8, 4) is 0 Å². The Morgan fingerprint density at radius 3 is 2.75 bits per heavy atom. The number of nitrogens with zero attached hydrogens (tertiary/aromatic N) is 1. The number of nitrogens with two attached hydrogens (primary N) is 1. The number of carbonyl (C=O) groups is 1.